The lowest BCUT2D eigenvalue weighted by atomic mass is 10.1. The lowest BCUT2D eigenvalue weighted by molar-refractivity contribution is 0.471. The van der Waals surface area contributed by atoms with Crippen LogP contribution in [0, 0.1) is 0 Å². The summed E-state index contributed by atoms with van der Waals surface area (Å²) in [6, 6.07) is 3.80. The number of phenols is 1. The molecular formula is C11H11ClOS. The minimum Gasteiger partial charge on any atom is -0.508 e. The van der Waals surface area contributed by atoms with Crippen LogP contribution in [0.5, 0.6) is 5.75 Å². The Hall–Kier alpha value is -0.730. The highest BCUT2D eigenvalue weighted by Crippen LogP contribution is 2.32. The summed E-state index contributed by atoms with van der Waals surface area (Å²) in [6.07, 6.45) is 1.000. The molecule has 0 unspecified atom stereocenters. The number of thiophene rings is 1. The minimum atomic E-state index is 0.306. The van der Waals surface area contributed by atoms with Crippen LogP contribution in [-0.2, 0) is 12.3 Å². The zero-order chi connectivity index (χ0) is 10.1. The highest BCUT2D eigenvalue weighted by molar-refractivity contribution is 7.17. The summed E-state index contributed by atoms with van der Waals surface area (Å²) >= 11 is 7.42. The summed E-state index contributed by atoms with van der Waals surface area (Å²) in [6.45, 7) is 2.12. The molecule has 0 fully saturated rings. The largest absolute Gasteiger partial charge is 0.508 e. The maximum absolute atomic E-state index is 9.67. The Morgan fingerprint density at radius 2 is 2.14 bits per heavy atom. The molecule has 0 aliphatic rings. The van der Waals surface area contributed by atoms with Crippen molar-refractivity contribution in [2.45, 2.75) is 19.2 Å². The molecular weight excluding hydrogens is 216 g/mol. The fraction of sp³-hybridized carbons (Fsp3) is 0.273. The first-order chi connectivity index (χ1) is 6.76. The minimum absolute atomic E-state index is 0.306. The van der Waals surface area contributed by atoms with Gasteiger partial charge in [0.05, 0.1) is 5.88 Å². The van der Waals surface area contributed by atoms with E-state index in [0.717, 1.165) is 17.4 Å². The van der Waals surface area contributed by atoms with Crippen LogP contribution in [0.25, 0.3) is 10.1 Å². The van der Waals surface area contributed by atoms with Crippen molar-refractivity contribution in [3.8, 4) is 5.75 Å². The van der Waals surface area contributed by atoms with Crippen LogP contribution in [0.1, 0.15) is 18.1 Å². The smallest absolute Gasteiger partial charge is 0.120 e. The predicted octanol–water partition coefficient (Wildman–Crippen LogP) is 3.91. The highest BCUT2D eigenvalue weighted by atomic mass is 35.5. The van der Waals surface area contributed by atoms with E-state index < -0.39 is 0 Å². The summed E-state index contributed by atoms with van der Waals surface area (Å²) in [5, 5.41) is 13.0. The van der Waals surface area contributed by atoms with E-state index in [1.54, 1.807) is 11.3 Å². The van der Waals surface area contributed by atoms with E-state index in [1.165, 1.54) is 10.3 Å². The van der Waals surface area contributed by atoms with Gasteiger partial charge in [-0.25, -0.2) is 0 Å². The van der Waals surface area contributed by atoms with Gasteiger partial charge in [-0.3, -0.25) is 0 Å². The first-order valence-corrected chi connectivity index (χ1v) is 5.95. The van der Waals surface area contributed by atoms with Crippen molar-refractivity contribution < 1.29 is 5.11 Å². The number of fused-ring (bicyclic) bond motifs is 1. The number of hydrogen-bond donors (Lipinski definition) is 1. The normalized spacial score (nSPS) is 11.0. The van der Waals surface area contributed by atoms with Crippen LogP contribution in [0.4, 0.5) is 0 Å². The van der Waals surface area contributed by atoms with Crippen LogP contribution >= 0.6 is 22.9 Å². The molecule has 3 heteroatoms. The molecule has 2 rings (SSSR count). The van der Waals surface area contributed by atoms with Gasteiger partial charge in [-0.2, -0.15) is 0 Å². The second-order valence-corrected chi connectivity index (χ2v) is 4.40. The summed E-state index contributed by atoms with van der Waals surface area (Å²) in [7, 11) is 0. The average Bonchev–Trinajstić information content (AvgIpc) is 2.58. The molecule has 0 spiro atoms. The van der Waals surface area contributed by atoms with Gasteiger partial charge in [0.15, 0.2) is 0 Å². The van der Waals surface area contributed by atoms with Crippen molar-refractivity contribution in [1.82, 2.24) is 0 Å². The maximum Gasteiger partial charge on any atom is 0.120 e. The lowest BCUT2D eigenvalue weighted by Gasteiger charge is -2.01. The Bertz CT molecular complexity index is 462. The molecule has 1 heterocycles. The fourth-order valence-corrected chi connectivity index (χ4v) is 2.84. The molecule has 1 nitrogen and oxygen atoms in total. The third-order valence-corrected chi connectivity index (χ3v) is 3.66. The Morgan fingerprint density at radius 1 is 1.36 bits per heavy atom. The monoisotopic (exact) mass is 226 g/mol. The number of aromatic hydroxyl groups is 1. The van der Waals surface area contributed by atoms with Crippen molar-refractivity contribution in [2.24, 2.45) is 0 Å². The van der Waals surface area contributed by atoms with Crippen molar-refractivity contribution >= 4 is 33.0 Å². The fourth-order valence-electron chi connectivity index (χ4n) is 1.54. The second kappa shape index (κ2) is 3.79. The summed E-state index contributed by atoms with van der Waals surface area (Å²) in [5.74, 6) is 0.668. The van der Waals surface area contributed by atoms with Gasteiger partial charge in [0.2, 0.25) is 0 Å². The lowest BCUT2D eigenvalue weighted by Crippen LogP contribution is -1.80. The molecule has 0 aliphatic carbocycles. The zero-order valence-corrected chi connectivity index (χ0v) is 9.45. The molecule has 2 aromatic rings. The van der Waals surface area contributed by atoms with E-state index >= 15 is 0 Å². The number of aryl methyl sites for hydroxylation is 1. The molecule has 1 aromatic carbocycles. The van der Waals surface area contributed by atoms with Gasteiger partial charge in [-0.15, -0.1) is 22.9 Å². The third kappa shape index (κ3) is 1.49. The molecule has 0 amide bonds. The molecule has 74 valence electrons. The quantitative estimate of drug-likeness (QED) is 0.770. The first kappa shape index (κ1) is 9.81. The molecule has 1 N–H and O–H groups in total. The number of benzene rings is 1. The van der Waals surface area contributed by atoms with Crippen LogP contribution in [0.2, 0.25) is 0 Å². The van der Waals surface area contributed by atoms with Gasteiger partial charge in [-0.1, -0.05) is 6.92 Å². The molecule has 0 aliphatic heterocycles. The van der Waals surface area contributed by atoms with Gasteiger partial charge in [-0.05, 0) is 34.9 Å². The Balaban J connectivity index is 2.69. The SMILES string of the molecule is CCc1csc2cc(CCl)c(O)cc12. The maximum atomic E-state index is 9.67. The molecule has 1 aromatic heterocycles. The van der Waals surface area contributed by atoms with E-state index in [4.69, 9.17) is 11.6 Å². The van der Waals surface area contributed by atoms with Gasteiger partial charge < -0.3 is 5.11 Å². The molecule has 14 heavy (non-hydrogen) atoms. The average molecular weight is 227 g/mol. The summed E-state index contributed by atoms with van der Waals surface area (Å²) in [5.41, 5.74) is 2.10. The molecule has 0 saturated heterocycles. The van der Waals surface area contributed by atoms with Crippen molar-refractivity contribution in [3.05, 3.63) is 28.6 Å². The van der Waals surface area contributed by atoms with Crippen LogP contribution < -0.4 is 0 Å². The highest BCUT2D eigenvalue weighted by Gasteiger charge is 2.07. The van der Waals surface area contributed by atoms with Crippen LogP contribution in [-0.4, -0.2) is 5.11 Å². The van der Waals surface area contributed by atoms with Gasteiger partial charge in [0.25, 0.3) is 0 Å². The van der Waals surface area contributed by atoms with Gasteiger partial charge in [0, 0.05) is 10.3 Å². The van der Waals surface area contributed by atoms with Gasteiger partial charge >= 0.3 is 0 Å². The van der Waals surface area contributed by atoms with E-state index in [0.29, 0.717) is 11.6 Å². The molecule has 0 atom stereocenters. The van der Waals surface area contributed by atoms with Crippen LogP contribution in [0.15, 0.2) is 17.5 Å². The number of rotatable bonds is 2. The molecule has 0 saturated carbocycles. The summed E-state index contributed by atoms with van der Waals surface area (Å²) < 4.78 is 1.20. The first-order valence-electron chi connectivity index (χ1n) is 4.54. The van der Waals surface area contributed by atoms with E-state index in [1.807, 2.05) is 12.1 Å². The predicted molar refractivity (Wildman–Crippen MR) is 62.4 cm³/mol. The Morgan fingerprint density at radius 3 is 2.79 bits per heavy atom. The van der Waals surface area contributed by atoms with E-state index in [9.17, 15) is 5.11 Å². The topological polar surface area (TPSA) is 20.2 Å². The second-order valence-electron chi connectivity index (χ2n) is 3.23. The molecule has 0 radical (unpaired) electrons. The van der Waals surface area contributed by atoms with E-state index in [2.05, 4.69) is 12.3 Å². The number of phenolic OH excluding ortho intramolecular Hbond substituents is 1. The Labute approximate surface area is 91.9 Å². The summed E-state index contributed by atoms with van der Waals surface area (Å²) in [4.78, 5) is 0. The standard InChI is InChI=1S/C11H11ClOS/c1-2-7-6-14-11-3-8(5-12)10(13)4-9(7)11/h3-4,6,13H,2,5H2,1H3. The van der Waals surface area contributed by atoms with Gasteiger partial charge in [0.1, 0.15) is 5.75 Å². The number of alkyl halides is 1. The van der Waals surface area contributed by atoms with Crippen molar-refractivity contribution in [3.63, 3.8) is 0 Å². The number of hydrogen-bond acceptors (Lipinski definition) is 2. The zero-order valence-electron chi connectivity index (χ0n) is 7.88. The number of halogens is 1. The van der Waals surface area contributed by atoms with Crippen molar-refractivity contribution in [1.29, 1.82) is 0 Å². The van der Waals surface area contributed by atoms with Crippen molar-refractivity contribution in [2.75, 3.05) is 0 Å². The van der Waals surface area contributed by atoms with Crippen LogP contribution in [0.3, 0.4) is 0 Å². The van der Waals surface area contributed by atoms with E-state index in [-0.39, 0.29) is 0 Å². The Kier molecular flexibility index (Phi) is 2.66. The third-order valence-electron chi connectivity index (χ3n) is 2.38. The molecule has 0 bridgehead atoms.